The average Bonchev–Trinajstić information content (AvgIpc) is 3.15. The van der Waals surface area contributed by atoms with Gasteiger partial charge in [-0.25, -0.2) is 9.37 Å². The number of aromatic nitrogens is 5. The van der Waals surface area contributed by atoms with Crippen LogP contribution in [0.1, 0.15) is 17.6 Å². The van der Waals surface area contributed by atoms with Crippen LogP contribution in [0.25, 0.3) is 10.9 Å². The molecule has 0 radical (unpaired) electrons. The molecule has 1 atom stereocenters. The van der Waals surface area contributed by atoms with Gasteiger partial charge >= 0.3 is 0 Å². The molecule has 7 heteroatoms. The van der Waals surface area contributed by atoms with Crippen molar-refractivity contribution in [1.82, 2.24) is 25.1 Å². The predicted octanol–water partition coefficient (Wildman–Crippen LogP) is 3.06. The number of benzene rings is 1. The van der Waals surface area contributed by atoms with Crippen LogP contribution in [0.3, 0.4) is 0 Å². The molecule has 0 spiro atoms. The fraction of sp³-hybridized carbons (Fsp3) is 0.0588. The monoisotopic (exact) mass is 321 g/mol. The number of aromatic amines is 1. The van der Waals surface area contributed by atoms with Gasteiger partial charge in [-0.1, -0.05) is 6.07 Å². The first-order valence-electron chi connectivity index (χ1n) is 7.28. The maximum Gasteiger partial charge on any atom is 0.199 e. The van der Waals surface area contributed by atoms with Crippen molar-refractivity contribution in [3.05, 3.63) is 78.5 Å². The highest BCUT2D eigenvalue weighted by molar-refractivity contribution is 5.79. The number of nitrogens with zero attached hydrogens (tertiary/aromatic N) is 4. The minimum absolute atomic E-state index is 0.410. The number of fused-ring (bicyclic) bond motifs is 1. The molecule has 0 aliphatic heterocycles. The molecule has 1 unspecified atom stereocenters. The first-order valence-corrected chi connectivity index (χ1v) is 7.28. The van der Waals surface area contributed by atoms with Gasteiger partial charge in [0.2, 0.25) is 0 Å². The Morgan fingerprint density at radius 3 is 2.79 bits per heavy atom. The van der Waals surface area contributed by atoms with Gasteiger partial charge in [-0.2, -0.15) is 5.10 Å². The third-order valence-electron chi connectivity index (χ3n) is 3.53. The first kappa shape index (κ1) is 14.3. The molecule has 4 rings (SSSR count). The van der Waals surface area contributed by atoms with Crippen LogP contribution in [0.15, 0.2) is 61.2 Å². The Hall–Kier alpha value is -3.35. The number of H-pyrrole nitrogens is 1. The van der Waals surface area contributed by atoms with Crippen molar-refractivity contribution in [2.75, 3.05) is 0 Å². The molecule has 3 aromatic heterocycles. The molecule has 4 aromatic rings. The summed E-state index contributed by atoms with van der Waals surface area (Å²) in [6, 6.07) is 12.3. The first-order chi connectivity index (χ1) is 11.8. The lowest BCUT2D eigenvalue weighted by Crippen LogP contribution is -2.13. The molecule has 0 bridgehead atoms. The van der Waals surface area contributed by atoms with Crippen molar-refractivity contribution >= 4 is 10.9 Å². The highest BCUT2D eigenvalue weighted by atomic mass is 19.1. The molecule has 0 saturated heterocycles. The molecule has 24 heavy (non-hydrogen) atoms. The van der Waals surface area contributed by atoms with E-state index in [0.717, 1.165) is 17.1 Å². The molecule has 0 saturated carbocycles. The summed E-state index contributed by atoms with van der Waals surface area (Å²) in [5.74, 6) is 0.704. The zero-order chi connectivity index (χ0) is 16.4. The Balaban J connectivity index is 1.71. The summed E-state index contributed by atoms with van der Waals surface area (Å²) in [6.07, 6.45) is 3.65. The number of halogens is 1. The van der Waals surface area contributed by atoms with E-state index >= 15 is 0 Å². The van der Waals surface area contributed by atoms with E-state index in [9.17, 15) is 4.39 Å². The van der Waals surface area contributed by atoms with Gasteiger partial charge in [0.25, 0.3) is 0 Å². The van der Waals surface area contributed by atoms with E-state index in [4.69, 9.17) is 4.74 Å². The summed E-state index contributed by atoms with van der Waals surface area (Å²) in [6.45, 7) is 0. The Kier molecular flexibility index (Phi) is 3.59. The van der Waals surface area contributed by atoms with Gasteiger partial charge in [0.05, 0.1) is 17.4 Å². The van der Waals surface area contributed by atoms with Crippen LogP contribution in [0.5, 0.6) is 5.75 Å². The minimum Gasteiger partial charge on any atom is -0.476 e. The number of pyridine rings is 2. The summed E-state index contributed by atoms with van der Waals surface area (Å²) in [5, 5.41) is 7.58. The fourth-order valence-corrected chi connectivity index (χ4v) is 2.40. The molecule has 1 N–H and O–H groups in total. The summed E-state index contributed by atoms with van der Waals surface area (Å²) < 4.78 is 19.2. The minimum atomic E-state index is -0.623. The number of nitrogens with one attached hydrogen (secondary N) is 1. The lowest BCUT2D eigenvalue weighted by molar-refractivity contribution is 0.232. The molecular weight excluding hydrogens is 309 g/mol. The molecule has 3 heterocycles. The Bertz CT molecular complexity index is 956. The highest BCUT2D eigenvalue weighted by Gasteiger charge is 2.21. The largest absolute Gasteiger partial charge is 0.476 e. The summed E-state index contributed by atoms with van der Waals surface area (Å²) >= 11 is 0. The van der Waals surface area contributed by atoms with Crippen LogP contribution >= 0.6 is 0 Å². The molecule has 1 aromatic carbocycles. The van der Waals surface area contributed by atoms with E-state index in [-0.39, 0.29) is 0 Å². The maximum atomic E-state index is 13.1. The van der Waals surface area contributed by atoms with E-state index in [0.29, 0.717) is 17.3 Å². The second-order valence-electron chi connectivity index (χ2n) is 5.13. The molecule has 6 nitrogen and oxygen atoms in total. The van der Waals surface area contributed by atoms with Crippen molar-refractivity contribution < 1.29 is 9.13 Å². The maximum absolute atomic E-state index is 13.1. The SMILES string of the molecule is Fc1ccc(C(Oc2ccc3ncccc3c2)c2ncn[nH]2)nc1. The normalized spacial score (nSPS) is 12.2. The number of hydrogen-bond donors (Lipinski definition) is 1. The van der Waals surface area contributed by atoms with Crippen LogP contribution < -0.4 is 4.74 Å². The van der Waals surface area contributed by atoms with Crippen LogP contribution in [0.4, 0.5) is 4.39 Å². The van der Waals surface area contributed by atoms with Crippen LogP contribution in [0, 0.1) is 5.82 Å². The van der Waals surface area contributed by atoms with Crippen molar-refractivity contribution in [1.29, 1.82) is 0 Å². The van der Waals surface area contributed by atoms with Gasteiger partial charge in [-0.3, -0.25) is 15.1 Å². The van der Waals surface area contributed by atoms with E-state index in [1.807, 2.05) is 30.3 Å². The van der Waals surface area contributed by atoms with E-state index < -0.39 is 11.9 Å². The molecule has 0 aliphatic carbocycles. The third-order valence-corrected chi connectivity index (χ3v) is 3.53. The molecular formula is C17H12FN5O. The van der Waals surface area contributed by atoms with Gasteiger partial charge in [0.15, 0.2) is 11.9 Å². The molecule has 0 amide bonds. The molecule has 118 valence electrons. The van der Waals surface area contributed by atoms with Gasteiger partial charge in [0.1, 0.15) is 17.9 Å². The van der Waals surface area contributed by atoms with Gasteiger partial charge < -0.3 is 4.74 Å². The summed E-state index contributed by atoms with van der Waals surface area (Å²) in [5.41, 5.74) is 1.40. The fourth-order valence-electron chi connectivity index (χ4n) is 2.40. The lowest BCUT2D eigenvalue weighted by atomic mass is 10.2. The Morgan fingerprint density at radius 1 is 1.04 bits per heavy atom. The average molecular weight is 321 g/mol. The quantitative estimate of drug-likeness (QED) is 0.625. The molecule has 0 aliphatic rings. The zero-order valence-corrected chi connectivity index (χ0v) is 12.4. The van der Waals surface area contributed by atoms with Gasteiger partial charge in [-0.15, -0.1) is 0 Å². The number of rotatable bonds is 4. The van der Waals surface area contributed by atoms with E-state index in [1.54, 1.807) is 12.3 Å². The summed E-state index contributed by atoms with van der Waals surface area (Å²) in [7, 11) is 0. The van der Waals surface area contributed by atoms with Crippen LogP contribution in [-0.2, 0) is 0 Å². The second kappa shape index (κ2) is 6.04. The van der Waals surface area contributed by atoms with Gasteiger partial charge in [-0.05, 0) is 36.4 Å². The Morgan fingerprint density at radius 2 is 2.00 bits per heavy atom. The molecule has 0 fully saturated rings. The zero-order valence-electron chi connectivity index (χ0n) is 12.4. The van der Waals surface area contributed by atoms with Gasteiger partial charge in [0, 0.05) is 11.6 Å². The topological polar surface area (TPSA) is 76.6 Å². The Labute approximate surface area is 136 Å². The highest BCUT2D eigenvalue weighted by Crippen LogP contribution is 2.27. The third kappa shape index (κ3) is 2.79. The summed E-state index contributed by atoms with van der Waals surface area (Å²) in [4.78, 5) is 12.5. The van der Waals surface area contributed by atoms with Crippen molar-refractivity contribution in [3.8, 4) is 5.75 Å². The van der Waals surface area contributed by atoms with E-state index in [1.165, 1.54) is 12.4 Å². The van der Waals surface area contributed by atoms with Crippen LogP contribution in [0.2, 0.25) is 0 Å². The van der Waals surface area contributed by atoms with E-state index in [2.05, 4.69) is 25.1 Å². The van der Waals surface area contributed by atoms with Crippen LogP contribution in [-0.4, -0.2) is 25.1 Å². The van der Waals surface area contributed by atoms with Crippen molar-refractivity contribution in [2.24, 2.45) is 0 Å². The second-order valence-corrected chi connectivity index (χ2v) is 5.13. The predicted molar refractivity (Wildman–Crippen MR) is 84.8 cm³/mol. The number of hydrogen-bond acceptors (Lipinski definition) is 5. The standard InChI is InChI=1S/C17H12FN5O/c18-12-3-5-15(20-9-12)16(17-21-10-22-23-17)24-13-4-6-14-11(8-13)2-1-7-19-14/h1-10,16H,(H,21,22,23). The van der Waals surface area contributed by atoms with Crippen molar-refractivity contribution in [2.45, 2.75) is 6.10 Å². The number of ether oxygens (including phenoxy) is 1. The van der Waals surface area contributed by atoms with Crippen molar-refractivity contribution in [3.63, 3.8) is 0 Å². The lowest BCUT2D eigenvalue weighted by Gasteiger charge is -2.16. The smallest absolute Gasteiger partial charge is 0.199 e.